The lowest BCUT2D eigenvalue weighted by Gasteiger charge is -2.57. The van der Waals surface area contributed by atoms with Crippen LogP contribution in [0.3, 0.4) is 0 Å². The lowest BCUT2D eigenvalue weighted by Crippen LogP contribution is -2.57. The maximum Gasteiger partial charge on any atom is 0.416 e. The largest absolute Gasteiger partial charge is 0.416 e. The molecule has 2 atom stereocenters. The number of carbonyl (C=O) groups is 1. The molecule has 1 saturated heterocycles. The number of aryl methyl sites for hydroxylation is 1. The smallest absolute Gasteiger partial charge is 0.393 e. The molecule has 1 amide bonds. The fourth-order valence-corrected chi connectivity index (χ4v) is 6.40. The van der Waals surface area contributed by atoms with Gasteiger partial charge in [0.05, 0.1) is 11.7 Å². The molecule has 8 heteroatoms. The van der Waals surface area contributed by atoms with E-state index in [0.717, 1.165) is 76.6 Å². The number of aliphatic hydroxyl groups is 1. The van der Waals surface area contributed by atoms with Crippen molar-refractivity contribution in [2.45, 2.75) is 70.6 Å². The van der Waals surface area contributed by atoms with Crippen LogP contribution in [0.5, 0.6) is 0 Å². The van der Waals surface area contributed by atoms with Crippen LogP contribution in [0.4, 0.5) is 19.0 Å². The predicted octanol–water partition coefficient (Wildman–Crippen LogP) is 4.06. The Morgan fingerprint density at radius 1 is 1.13 bits per heavy atom. The molecule has 31 heavy (non-hydrogen) atoms. The average Bonchev–Trinajstić information content (AvgIpc) is 2.71. The minimum atomic E-state index is -4.29. The Bertz CT molecular complexity index is 807. The molecule has 4 bridgehead atoms. The SMILES string of the molecule is Cc1cc(C(F)(F)F)cc(N2CCCCC2)n1.NC(=O)C12CC3CC(C1)C(O)C(C3)C2. The highest BCUT2D eigenvalue weighted by Gasteiger charge is 2.57. The standard InChI is InChI=1S/C12H15F3N2.C11H17NO2/c1-9-7-10(12(13,14)15)8-11(16-9)17-5-3-2-4-6-17;12-10(14)11-3-6-1-7(4-11)9(13)8(2-6)5-11/h7-8H,2-6H2,1H3;6-9,13H,1-5H2,(H2,12,14). The fourth-order valence-electron chi connectivity index (χ4n) is 6.40. The van der Waals surface area contributed by atoms with Gasteiger partial charge in [-0.05, 0) is 88.2 Å². The van der Waals surface area contributed by atoms with E-state index in [4.69, 9.17) is 5.73 Å². The zero-order valence-corrected chi connectivity index (χ0v) is 18.0. The number of carbonyl (C=O) groups excluding carboxylic acids is 1. The first kappa shape index (κ1) is 22.4. The number of nitrogens with zero attached hydrogens (tertiary/aromatic N) is 2. The summed E-state index contributed by atoms with van der Waals surface area (Å²) in [5.41, 5.74) is 5.09. The normalized spacial score (nSPS) is 34.3. The molecule has 5 fully saturated rings. The van der Waals surface area contributed by atoms with Crippen LogP contribution < -0.4 is 10.6 Å². The van der Waals surface area contributed by atoms with Crippen molar-refractivity contribution in [1.29, 1.82) is 0 Å². The van der Waals surface area contributed by atoms with E-state index in [1.54, 1.807) is 6.92 Å². The molecule has 2 heterocycles. The Kier molecular flexibility index (Phi) is 5.96. The summed E-state index contributed by atoms with van der Waals surface area (Å²) in [6.45, 7) is 3.20. The minimum Gasteiger partial charge on any atom is -0.393 e. The van der Waals surface area contributed by atoms with Crippen LogP contribution in [-0.2, 0) is 11.0 Å². The van der Waals surface area contributed by atoms with Gasteiger partial charge in [-0.15, -0.1) is 0 Å². The van der Waals surface area contributed by atoms with Gasteiger partial charge in [0.1, 0.15) is 5.82 Å². The van der Waals surface area contributed by atoms with Crippen molar-refractivity contribution in [2.75, 3.05) is 18.0 Å². The van der Waals surface area contributed by atoms with E-state index in [1.807, 2.05) is 4.90 Å². The van der Waals surface area contributed by atoms with Crippen LogP contribution in [-0.4, -0.2) is 35.2 Å². The van der Waals surface area contributed by atoms with Gasteiger partial charge in [0.25, 0.3) is 0 Å². The number of aliphatic hydroxyl groups excluding tert-OH is 1. The van der Waals surface area contributed by atoms with Crippen molar-refractivity contribution in [3.63, 3.8) is 0 Å². The molecule has 2 unspecified atom stereocenters. The Labute approximate surface area is 181 Å². The van der Waals surface area contributed by atoms with Gasteiger partial charge in [-0.3, -0.25) is 4.79 Å². The van der Waals surface area contributed by atoms with Crippen molar-refractivity contribution in [2.24, 2.45) is 28.9 Å². The maximum absolute atomic E-state index is 12.7. The lowest BCUT2D eigenvalue weighted by atomic mass is 9.48. The molecule has 0 spiro atoms. The van der Waals surface area contributed by atoms with Gasteiger partial charge in [-0.1, -0.05) is 0 Å². The molecule has 5 nitrogen and oxygen atoms in total. The number of anilines is 1. The number of nitrogens with two attached hydrogens (primary N) is 1. The number of rotatable bonds is 2. The van der Waals surface area contributed by atoms with Crippen LogP contribution in [0, 0.1) is 30.1 Å². The first-order chi connectivity index (χ1) is 14.6. The van der Waals surface area contributed by atoms with Crippen molar-refractivity contribution in [3.05, 3.63) is 23.4 Å². The van der Waals surface area contributed by atoms with Crippen molar-refractivity contribution in [3.8, 4) is 0 Å². The molecular weight excluding hydrogens is 407 g/mol. The third-order valence-corrected chi connectivity index (χ3v) is 7.69. The van der Waals surface area contributed by atoms with E-state index in [-0.39, 0.29) is 17.4 Å². The van der Waals surface area contributed by atoms with Gasteiger partial charge >= 0.3 is 6.18 Å². The fraction of sp³-hybridized carbons (Fsp3) is 0.739. The van der Waals surface area contributed by atoms with Crippen molar-refractivity contribution < 1.29 is 23.1 Å². The van der Waals surface area contributed by atoms with E-state index in [1.165, 1.54) is 0 Å². The van der Waals surface area contributed by atoms with Crippen molar-refractivity contribution in [1.82, 2.24) is 4.98 Å². The monoisotopic (exact) mass is 439 g/mol. The second kappa shape index (κ2) is 8.26. The summed E-state index contributed by atoms with van der Waals surface area (Å²) in [6, 6.07) is 2.24. The van der Waals surface area contributed by atoms with Crippen LogP contribution >= 0.6 is 0 Å². The number of hydrogen-bond donors (Lipinski definition) is 2. The van der Waals surface area contributed by atoms with Gasteiger partial charge < -0.3 is 15.7 Å². The zero-order valence-electron chi connectivity index (χ0n) is 18.0. The van der Waals surface area contributed by atoms with Gasteiger partial charge in [-0.2, -0.15) is 13.2 Å². The quantitative estimate of drug-likeness (QED) is 0.729. The van der Waals surface area contributed by atoms with E-state index >= 15 is 0 Å². The highest BCUT2D eigenvalue weighted by Crippen LogP contribution is 2.59. The van der Waals surface area contributed by atoms with Gasteiger partial charge in [-0.25, -0.2) is 4.98 Å². The summed E-state index contributed by atoms with van der Waals surface area (Å²) >= 11 is 0. The van der Waals surface area contributed by atoms with Crippen LogP contribution in [0.1, 0.15) is 62.6 Å². The summed E-state index contributed by atoms with van der Waals surface area (Å²) in [5, 5.41) is 9.97. The Hall–Kier alpha value is -1.83. The number of hydrogen-bond acceptors (Lipinski definition) is 4. The Morgan fingerprint density at radius 2 is 1.74 bits per heavy atom. The van der Waals surface area contributed by atoms with E-state index < -0.39 is 11.7 Å². The molecule has 4 aliphatic carbocycles. The molecule has 0 radical (unpaired) electrons. The van der Waals surface area contributed by atoms with Gasteiger partial charge in [0.2, 0.25) is 5.91 Å². The van der Waals surface area contributed by atoms with E-state index in [9.17, 15) is 23.1 Å². The summed E-state index contributed by atoms with van der Waals surface area (Å²) < 4.78 is 38.0. The zero-order chi connectivity index (χ0) is 22.4. The molecule has 0 aromatic carbocycles. The number of primary amides is 1. The van der Waals surface area contributed by atoms with Crippen molar-refractivity contribution >= 4 is 11.7 Å². The number of aromatic nitrogens is 1. The number of halogens is 3. The summed E-state index contributed by atoms with van der Waals surface area (Å²) in [5.74, 6) is 1.70. The molecule has 1 aliphatic heterocycles. The van der Waals surface area contributed by atoms with Crippen LogP contribution in [0.2, 0.25) is 0 Å². The highest BCUT2D eigenvalue weighted by molar-refractivity contribution is 5.81. The molecule has 4 saturated carbocycles. The molecular formula is C23H32F3N3O2. The molecule has 6 rings (SSSR count). The first-order valence-corrected chi connectivity index (χ1v) is 11.4. The highest BCUT2D eigenvalue weighted by atomic mass is 19.4. The predicted molar refractivity (Wildman–Crippen MR) is 111 cm³/mol. The Balaban J connectivity index is 0.000000151. The molecule has 1 aromatic heterocycles. The van der Waals surface area contributed by atoms with Crippen LogP contribution in [0.25, 0.3) is 0 Å². The van der Waals surface area contributed by atoms with Gasteiger partial charge in [0.15, 0.2) is 0 Å². The maximum atomic E-state index is 12.7. The third kappa shape index (κ3) is 4.54. The first-order valence-electron chi connectivity index (χ1n) is 11.4. The molecule has 172 valence electrons. The number of pyridine rings is 1. The minimum absolute atomic E-state index is 0.121. The van der Waals surface area contributed by atoms with Crippen LogP contribution in [0.15, 0.2) is 12.1 Å². The second-order valence-corrected chi connectivity index (χ2v) is 10.0. The summed E-state index contributed by atoms with van der Waals surface area (Å²) in [6.07, 6.45) is 3.66. The molecule has 5 aliphatic rings. The average molecular weight is 440 g/mol. The summed E-state index contributed by atoms with van der Waals surface area (Å²) in [4.78, 5) is 17.6. The third-order valence-electron chi connectivity index (χ3n) is 7.69. The molecule has 1 aromatic rings. The molecule has 3 N–H and O–H groups in total. The topological polar surface area (TPSA) is 79.5 Å². The number of amides is 1. The second-order valence-electron chi connectivity index (χ2n) is 10.0. The van der Waals surface area contributed by atoms with E-state index in [0.29, 0.717) is 29.3 Å². The number of alkyl halides is 3. The Morgan fingerprint density at radius 3 is 2.29 bits per heavy atom. The van der Waals surface area contributed by atoms with E-state index in [2.05, 4.69) is 4.98 Å². The lowest BCUT2D eigenvalue weighted by molar-refractivity contribution is -0.160. The summed E-state index contributed by atoms with van der Waals surface area (Å²) in [7, 11) is 0. The van der Waals surface area contributed by atoms with Gasteiger partial charge in [0, 0.05) is 24.2 Å². The number of piperidine rings is 1.